The molecule has 0 aliphatic carbocycles. The second-order valence-corrected chi connectivity index (χ2v) is 8.43. The van der Waals surface area contributed by atoms with Gasteiger partial charge in [0.2, 0.25) is 0 Å². The molecule has 9 heteroatoms. The maximum Gasteiger partial charge on any atom is 0.342 e. The van der Waals surface area contributed by atoms with E-state index in [1.807, 2.05) is 26.0 Å². The van der Waals surface area contributed by atoms with Gasteiger partial charge >= 0.3 is 5.97 Å². The summed E-state index contributed by atoms with van der Waals surface area (Å²) in [5, 5.41) is 2.73. The van der Waals surface area contributed by atoms with Gasteiger partial charge in [0.15, 0.2) is 11.9 Å². The van der Waals surface area contributed by atoms with Crippen molar-refractivity contribution in [1.29, 1.82) is 0 Å². The number of esters is 1. The van der Waals surface area contributed by atoms with Gasteiger partial charge in [0, 0.05) is 18.4 Å². The maximum absolute atomic E-state index is 12.5. The number of sulfonamides is 1. The number of allylic oxidation sites excluding steroid dienone is 2. The maximum atomic E-state index is 12.5. The molecular formula is C19H21N3O5S. The quantitative estimate of drug-likeness (QED) is 0.767. The standard InChI is InChI=1S/C19H21N3O5S/c1-12-6-7-16(13(2)11-12)20-18(23)14(3)27-19(24)15-5-4-8-22-9-10-28(25,26)21-17(15)22/h4-8,11,14H,9-10H2,1-3H3,(H,20,23)/t14-/m0/s1. The molecule has 2 heterocycles. The number of rotatable bonds is 4. The predicted octanol–water partition coefficient (Wildman–Crippen LogP) is 1.67. The van der Waals surface area contributed by atoms with E-state index in [1.165, 1.54) is 13.0 Å². The van der Waals surface area contributed by atoms with E-state index < -0.39 is 28.0 Å². The molecule has 1 atom stereocenters. The van der Waals surface area contributed by atoms with Crippen LogP contribution in [0, 0.1) is 13.8 Å². The average Bonchev–Trinajstić information content (AvgIpc) is 2.62. The lowest BCUT2D eigenvalue weighted by molar-refractivity contribution is -0.148. The van der Waals surface area contributed by atoms with E-state index in [2.05, 4.69) is 9.71 Å². The fraction of sp³-hybridized carbons (Fsp3) is 0.316. The van der Waals surface area contributed by atoms with Crippen LogP contribution in [0.1, 0.15) is 18.1 Å². The Labute approximate surface area is 163 Å². The molecule has 0 radical (unpaired) electrons. The number of anilines is 1. The van der Waals surface area contributed by atoms with E-state index >= 15 is 0 Å². The molecule has 0 aromatic heterocycles. The van der Waals surface area contributed by atoms with Crippen LogP contribution >= 0.6 is 0 Å². The molecule has 0 fully saturated rings. The van der Waals surface area contributed by atoms with Gasteiger partial charge in [-0.25, -0.2) is 13.2 Å². The number of nitrogens with zero attached hydrogens (tertiary/aromatic N) is 2. The normalized spacial score (nSPS) is 18.5. The second kappa shape index (κ2) is 7.59. The van der Waals surface area contributed by atoms with Crippen molar-refractivity contribution in [2.24, 2.45) is 4.40 Å². The summed E-state index contributed by atoms with van der Waals surface area (Å²) in [6, 6.07) is 5.58. The summed E-state index contributed by atoms with van der Waals surface area (Å²) >= 11 is 0. The molecule has 8 nitrogen and oxygen atoms in total. The van der Waals surface area contributed by atoms with E-state index in [0.717, 1.165) is 11.1 Å². The minimum absolute atomic E-state index is 0.00283. The highest BCUT2D eigenvalue weighted by atomic mass is 32.2. The molecule has 3 rings (SSSR count). The van der Waals surface area contributed by atoms with Crippen molar-refractivity contribution in [3.8, 4) is 0 Å². The molecule has 28 heavy (non-hydrogen) atoms. The van der Waals surface area contributed by atoms with Crippen LogP contribution in [0.4, 0.5) is 5.69 Å². The number of aryl methyl sites for hydroxylation is 2. The number of amides is 1. The Bertz CT molecular complexity index is 1020. The van der Waals surface area contributed by atoms with Crippen LogP contribution in [-0.2, 0) is 24.3 Å². The van der Waals surface area contributed by atoms with Gasteiger partial charge in [-0.05, 0) is 44.6 Å². The number of fused-ring (bicyclic) bond motifs is 1. The van der Waals surface area contributed by atoms with E-state index in [1.54, 1.807) is 23.2 Å². The van der Waals surface area contributed by atoms with Gasteiger partial charge in [0.05, 0.1) is 5.75 Å². The Balaban J connectivity index is 1.71. The van der Waals surface area contributed by atoms with Gasteiger partial charge < -0.3 is 15.0 Å². The highest BCUT2D eigenvalue weighted by Gasteiger charge is 2.32. The number of carbonyl (C=O) groups excluding carboxylic acids is 2. The third-order valence-corrected chi connectivity index (χ3v) is 5.52. The highest BCUT2D eigenvalue weighted by molar-refractivity contribution is 7.90. The van der Waals surface area contributed by atoms with Crippen molar-refractivity contribution >= 4 is 33.4 Å². The monoisotopic (exact) mass is 403 g/mol. The van der Waals surface area contributed by atoms with Crippen molar-refractivity contribution in [2.45, 2.75) is 26.9 Å². The first kappa shape index (κ1) is 19.8. The molecular weight excluding hydrogens is 382 g/mol. The first-order valence-corrected chi connectivity index (χ1v) is 10.3. The first-order valence-electron chi connectivity index (χ1n) is 8.73. The predicted molar refractivity (Wildman–Crippen MR) is 105 cm³/mol. The number of hydrogen-bond acceptors (Lipinski definition) is 6. The van der Waals surface area contributed by atoms with Gasteiger partial charge in [-0.1, -0.05) is 17.7 Å². The molecule has 0 saturated carbocycles. The topological polar surface area (TPSA) is 105 Å². The zero-order valence-electron chi connectivity index (χ0n) is 15.8. The highest BCUT2D eigenvalue weighted by Crippen LogP contribution is 2.20. The lowest BCUT2D eigenvalue weighted by Gasteiger charge is -2.28. The van der Waals surface area contributed by atoms with E-state index in [-0.39, 0.29) is 23.7 Å². The second-order valence-electron chi connectivity index (χ2n) is 6.67. The molecule has 0 bridgehead atoms. The summed E-state index contributed by atoms with van der Waals surface area (Å²) in [6.07, 6.45) is 3.59. The Morgan fingerprint density at radius 1 is 1.29 bits per heavy atom. The summed E-state index contributed by atoms with van der Waals surface area (Å²) in [5.74, 6) is -1.41. The van der Waals surface area contributed by atoms with Crippen LogP contribution in [0.25, 0.3) is 0 Å². The lowest BCUT2D eigenvalue weighted by atomic mass is 10.1. The van der Waals surface area contributed by atoms with Crippen LogP contribution in [-0.4, -0.2) is 49.4 Å². The largest absolute Gasteiger partial charge is 0.449 e. The molecule has 2 aliphatic rings. The molecule has 0 spiro atoms. The summed E-state index contributed by atoms with van der Waals surface area (Å²) in [6.45, 7) is 5.47. The Morgan fingerprint density at radius 3 is 2.75 bits per heavy atom. The van der Waals surface area contributed by atoms with Crippen LogP contribution in [0.2, 0.25) is 0 Å². The Hall–Kier alpha value is -2.94. The summed E-state index contributed by atoms with van der Waals surface area (Å²) in [5.41, 5.74) is 2.59. The first-order chi connectivity index (χ1) is 13.2. The Morgan fingerprint density at radius 2 is 2.04 bits per heavy atom. The zero-order chi connectivity index (χ0) is 20.5. The number of carbonyl (C=O) groups is 2. The van der Waals surface area contributed by atoms with Crippen LogP contribution < -0.4 is 5.32 Å². The minimum atomic E-state index is -3.63. The number of nitrogens with one attached hydrogen (secondary N) is 1. The fourth-order valence-electron chi connectivity index (χ4n) is 2.84. The van der Waals surface area contributed by atoms with Crippen molar-refractivity contribution in [3.63, 3.8) is 0 Å². The fourth-order valence-corrected chi connectivity index (χ4v) is 3.83. The molecule has 1 aromatic carbocycles. The average molecular weight is 403 g/mol. The van der Waals surface area contributed by atoms with E-state index in [4.69, 9.17) is 4.74 Å². The molecule has 1 aromatic rings. The van der Waals surface area contributed by atoms with Crippen molar-refractivity contribution < 1.29 is 22.7 Å². The third kappa shape index (κ3) is 4.30. The number of benzene rings is 1. The molecule has 148 valence electrons. The van der Waals surface area contributed by atoms with Gasteiger partial charge in [0.25, 0.3) is 15.9 Å². The Kier molecular flexibility index (Phi) is 5.37. The van der Waals surface area contributed by atoms with Gasteiger partial charge in [-0.15, -0.1) is 4.40 Å². The minimum Gasteiger partial charge on any atom is -0.449 e. The summed E-state index contributed by atoms with van der Waals surface area (Å²) < 4.78 is 32.5. The van der Waals surface area contributed by atoms with Crippen LogP contribution in [0.3, 0.4) is 0 Å². The number of hydrogen-bond donors (Lipinski definition) is 1. The van der Waals surface area contributed by atoms with E-state index in [0.29, 0.717) is 5.69 Å². The summed E-state index contributed by atoms with van der Waals surface area (Å²) in [7, 11) is -3.63. The molecule has 1 N–H and O–H groups in total. The van der Waals surface area contributed by atoms with Crippen LogP contribution in [0.5, 0.6) is 0 Å². The van der Waals surface area contributed by atoms with Crippen molar-refractivity contribution in [1.82, 2.24) is 4.90 Å². The molecule has 1 amide bonds. The van der Waals surface area contributed by atoms with Crippen LogP contribution in [0.15, 0.2) is 46.5 Å². The van der Waals surface area contributed by atoms with Gasteiger partial charge in [0.1, 0.15) is 5.57 Å². The number of ether oxygens (including phenoxy) is 1. The van der Waals surface area contributed by atoms with Crippen molar-refractivity contribution in [3.05, 3.63) is 53.3 Å². The zero-order valence-corrected chi connectivity index (χ0v) is 16.6. The summed E-state index contributed by atoms with van der Waals surface area (Å²) in [4.78, 5) is 26.5. The molecule has 0 unspecified atom stereocenters. The smallest absolute Gasteiger partial charge is 0.342 e. The van der Waals surface area contributed by atoms with Gasteiger partial charge in [-0.3, -0.25) is 4.79 Å². The number of amidine groups is 1. The SMILES string of the molecule is Cc1ccc(NC(=O)[C@H](C)OC(=O)C2=CC=CN3CCS(=O)(=O)N=C23)c(C)c1. The third-order valence-electron chi connectivity index (χ3n) is 4.37. The van der Waals surface area contributed by atoms with Gasteiger partial charge in [-0.2, -0.15) is 0 Å². The molecule has 0 saturated heterocycles. The lowest BCUT2D eigenvalue weighted by Crippen LogP contribution is -2.41. The van der Waals surface area contributed by atoms with Crippen molar-refractivity contribution in [2.75, 3.05) is 17.6 Å². The molecule has 2 aliphatic heterocycles. The van der Waals surface area contributed by atoms with E-state index in [9.17, 15) is 18.0 Å².